The van der Waals surface area contributed by atoms with Gasteiger partial charge in [0.05, 0.1) is 11.8 Å². The number of nitrogens with zero attached hydrogens (tertiary/aromatic N) is 1. The monoisotopic (exact) mass is 304 g/mol. The fourth-order valence-electron chi connectivity index (χ4n) is 2.15. The van der Waals surface area contributed by atoms with Gasteiger partial charge in [-0.1, -0.05) is 48.2 Å². The molecule has 1 atom stereocenters. The number of aliphatic imine (C=N–C) groups is 1. The summed E-state index contributed by atoms with van der Waals surface area (Å²) in [6.07, 6.45) is 0. The Morgan fingerprint density at radius 1 is 1.14 bits per heavy atom. The second-order valence-electron chi connectivity index (χ2n) is 4.75. The average Bonchev–Trinajstić information content (AvgIpc) is 2.96. The molecule has 1 N–H and O–H groups in total. The van der Waals surface area contributed by atoms with Gasteiger partial charge in [0.25, 0.3) is 0 Å². The van der Waals surface area contributed by atoms with Crippen LogP contribution in [-0.4, -0.2) is 11.7 Å². The Kier molecular flexibility index (Phi) is 4.20. The predicted molar refractivity (Wildman–Crippen MR) is 82.3 cm³/mol. The first-order valence-electron chi connectivity index (χ1n) is 6.66. The second-order valence-corrected chi connectivity index (χ2v) is 5.94. The standard InChI is InChI=1S/C16H14F2N2S/c17-13-7-6-12(14(18)8-13)9-19-16-20-10-15(21-16)11-4-2-1-3-5-11/h1-8,15H,9-10H2,(H,19,20). The molecule has 1 aliphatic rings. The predicted octanol–water partition coefficient (Wildman–Crippen LogP) is 3.90. The Bertz CT molecular complexity index is 659. The van der Waals surface area contributed by atoms with Crippen LogP contribution in [0.15, 0.2) is 53.5 Å². The van der Waals surface area contributed by atoms with Gasteiger partial charge in [0.2, 0.25) is 0 Å². The molecule has 2 aromatic carbocycles. The molecule has 108 valence electrons. The molecular formula is C16H14F2N2S. The number of rotatable bonds is 3. The van der Waals surface area contributed by atoms with Crippen molar-refractivity contribution in [3.8, 4) is 0 Å². The highest BCUT2D eigenvalue weighted by molar-refractivity contribution is 8.14. The molecule has 21 heavy (non-hydrogen) atoms. The molecule has 1 unspecified atom stereocenters. The molecule has 0 aliphatic carbocycles. The van der Waals surface area contributed by atoms with E-state index in [2.05, 4.69) is 22.4 Å². The van der Waals surface area contributed by atoms with E-state index in [-0.39, 0.29) is 0 Å². The van der Waals surface area contributed by atoms with Crippen molar-refractivity contribution in [1.29, 1.82) is 0 Å². The van der Waals surface area contributed by atoms with Crippen LogP contribution >= 0.6 is 11.8 Å². The van der Waals surface area contributed by atoms with Crippen molar-refractivity contribution in [3.05, 3.63) is 71.3 Å². The molecule has 5 heteroatoms. The molecule has 2 nitrogen and oxygen atoms in total. The first-order valence-corrected chi connectivity index (χ1v) is 7.54. The minimum atomic E-state index is -0.562. The van der Waals surface area contributed by atoms with Crippen LogP contribution in [0.25, 0.3) is 0 Å². The van der Waals surface area contributed by atoms with Crippen molar-refractivity contribution in [2.45, 2.75) is 11.8 Å². The summed E-state index contributed by atoms with van der Waals surface area (Å²) in [6.45, 7) is 1.02. The molecule has 0 bridgehead atoms. The van der Waals surface area contributed by atoms with E-state index in [0.29, 0.717) is 23.9 Å². The summed E-state index contributed by atoms with van der Waals surface area (Å²) in [5, 5.41) is 4.21. The lowest BCUT2D eigenvalue weighted by Gasteiger charge is -2.10. The van der Waals surface area contributed by atoms with Crippen molar-refractivity contribution in [1.82, 2.24) is 5.32 Å². The third-order valence-electron chi connectivity index (χ3n) is 3.27. The topological polar surface area (TPSA) is 24.4 Å². The lowest BCUT2D eigenvalue weighted by atomic mass is 10.1. The van der Waals surface area contributed by atoms with Crippen molar-refractivity contribution < 1.29 is 8.78 Å². The van der Waals surface area contributed by atoms with Gasteiger partial charge in [-0.05, 0) is 11.6 Å². The first kappa shape index (κ1) is 14.1. The van der Waals surface area contributed by atoms with E-state index in [1.165, 1.54) is 17.7 Å². The van der Waals surface area contributed by atoms with Gasteiger partial charge in [-0.2, -0.15) is 0 Å². The minimum absolute atomic E-state index is 0.298. The van der Waals surface area contributed by atoms with Gasteiger partial charge in [0.1, 0.15) is 11.6 Å². The average molecular weight is 304 g/mol. The molecule has 1 aliphatic heterocycles. The van der Waals surface area contributed by atoms with Crippen LogP contribution in [-0.2, 0) is 6.54 Å². The van der Waals surface area contributed by atoms with Crippen LogP contribution in [0.3, 0.4) is 0 Å². The molecule has 0 spiro atoms. The third-order valence-corrected chi connectivity index (χ3v) is 4.47. The van der Waals surface area contributed by atoms with E-state index in [0.717, 1.165) is 11.2 Å². The second kappa shape index (κ2) is 6.26. The summed E-state index contributed by atoms with van der Waals surface area (Å²) in [7, 11) is 0. The van der Waals surface area contributed by atoms with Crippen molar-refractivity contribution in [2.24, 2.45) is 4.99 Å². The Hall–Kier alpha value is -1.88. The summed E-state index contributed by atoms with van der Waals surface area (Å²) >= 11 is 1.63. The molecular weight excluding hydrogens is 290 g/mol. The number of thioether (sulfide) groups is 1. The zero-order valence-corrected chi connectivity index (χ0v) is 12.0. The van der Waals surface area contributed by atoms with Crippen LogP contribution in [0.5, 0.6) is 0 Å². The van der Waals surface area contributed by atoms with Crippen molar-refractivity contribution >= 4 is 16.9 Å². The fourth-order valence-corrected chi connectivity index (χ4v) is 3.17. The third kappa shape index (κ3) is 3.42. The number of hydrogen-bond donors (Lipinski definition) is 1. The maximum Gasteiger partial charge on any atom is 0.157 e. The van der Waals surface area contributed by atoms with E-state index in [9.17, 15) is 8.78 Å². The maximum atomic E-state index is 13.5. The van der Waals surface area contributed by atoms with Gasteiger partial charge in [0, 0.05) is 18.2 Å². The number of amidine groups is 1. The van der Waals surface area contributed by atoms with Crippen LogP contribution in [0.2, 0.25) is 0 Å². The minimum Gasteiger partial charge on any atom is -0.361 e. The largest absolute Gasteiger partial charge is 0.361 e. The number of hydrogen-bond acceptors (Lipinski definition) is 3. The van der Waals surface area contributed by atoms with Crippen molar-refractivity contribution in [2.75, 3.05) is 6.54 Å². The van der Waals surface area contributed by atoms with Gasteiger partial charge < -0.3 is 5.32 Å². The van der Waals surface area contributed by atoms with E-state index >= 15 is 0 Å². The fraction of sp³-hybridized carbons (Fsp3) is 0.188. The molecule has 0 saturated carbocycles. The number of benzene rings is 2. The highest BCUT2D eigenvalue weighted by Crippen LogP contribution is 2.34. The smallest absolute Gasteiger partial charge is 0.157 e. The van der Waals surface area contributed by atoms with Gasteiger partial charge in [-0.15, -0.1) is 0 Å². The van der Waals surface area contributed by atoms with Crippen LogP contribution in [0.4, 0.5) is 8.78 Å². The summed E-state index contributed by atoms with van der Waals surface area (Å²) in [6, 6.07) is 13.8. The van der Waals surface area contributed by atoms with E-state index < -0.39 is 11.6 Å². The first-order chi connectivity index (χ1) is 10.2. The van der Waals surface area contributed by atoms with Gasteiger partial charge in [-0.25, -0.2) is 8.78 Å². The SMILES string of the molecule is Fc1ccc(CNC2=NCC(c3ccccc3)S2)c(F)c1. The number of nitrogens with one attached hydrogen (secondary N) is 1. The lowest BCUT2D eigenvalue weighted by molar-refractivity contribution is 0.570. The van der Waals surface area contributed by atoms with E-state index in [1.54, 1.807) is 11.8 Å². The summed E-state index contributed by atoms with van der Waals surface area (Å²) in [5.41, 5.74) is 1.67. The van der Waals surface area contributed by atoms with Gasteiger partial charge in [-0.3, -0.25) is 4.99 Å². The quantitative estimate of drug-likeness (QED) is 0.930. The molecule has 0 saturated heterocycles. The van der Waals surface area contributed by atoms with Crippen molar-refractivity contribution in [3.63, 3.8) is 0 Å². The Morgan fingerprint density at radius 2 is 1.95 bits per heavy atom. The van der Waals surface area contributed by atoms with Crippen LogP contribution in [0, 0.1) is 11.6 Å². The lowest BCUT2D eigenvalue weighted by Crippen LogP contribution is -2.19. The van der Waals surface area contributed by atoms with Gasteiger partial charge >= 0.3 is 0 Å². The summed E-state index contributed by atoms with van der Waals surface area (Å²) < 4.78 is 26.4. The molecule has 1 heterocycles. The highest BCUT2D eigenvalue weighted by Gasteiger charge is 2.21. The maximum absolute atomic E-state index is 13.5. The highest BCUT2D eigenvalue weighted by atomic mass is 32.2. The zero-order valence-electron chi connectivity index (χ0n) is 11.2. The number of halogens is 2. The molecule has 3 rings (SSSR count). The van der Waals surface area contributed by atoms with Gasteiger partial charge in [0.15, 0.2) is 5.17 Å². The normalized spacial score (nSPS) is 17.6. The summed E-state index contributed by atoms with van der Waals surface area (Å²) in [4.78, 5) is 4.43. The molecule has 2 aromatic rings. The molecule has 0 amide bonds. The molecule has 0 aromatic heterocycles. The Labute approximate surface area is 126 Å². The molecule has 0 radical (unpaired) electrons. The summed E-state index contributed by atoms with van der Waals surface area (Å²) in [5.74, 6) is -1.10. The van der Waals surface area contributed by atoms with E-state index in [4.69, 9.17) is 0 Å². The zero-order chi connectivity index (χ0) is 14.7. The molecule has 0 fully saturated rings. The van der Waals surface area contributed by atoms with E-state index in [1.807, 2.05) is 18.2 Å². The Morgan fingerprint density at radius 3 is 2.71 bits per heavy atom. The Balaban J connectivity index is 1.58. The van der Waals surface area contributed by atoms with Crippen LogP contribution in [0.1, 0.15) is 16.4 Å². The van der Waals surface area contributed by atoms with Crippen LogP contribution < -0.4 is 5.32 Å².